The fourth-order valence-corrected chi connectivity index (χ4v) is 1.69. The summed E-state index contributed by atoms with van der Waals surface area (Å²) in [6.45, 7) is 1.61. The summed E-state index contributed by atoms with van der Waals surface area (Å²) >= 11 is 0. The smallest absolute Gasteiger partial charge is 0.157 e. The molecule has 1 saturated heterocycles. The SMILES string of the molecule is OCC#CCCCCCOC1CCCCO1. The molecule has 0 saturated carbocycles. The number of unbranched alkanes of at least 4 members (excludes halogenated alkanes) is 3. The summed E-state index contributed by atoms with van der Waals surface area (Å²) in [5.41, 5.74) is 0. The van der Waals surface area contributed by atoms with Crippen molar-refractivity contribution >= 4 is 0 Å². The normalized spacial score (nSPS) is 20.2. The largest absolute Gasteiger partial charge is 0.384 e. The van der Waals surface area contributed by atoms with Crippen LogP contribution in [0.15, 0.2) is 0 Å². The van der Waals surface area contributed by atoms with E-state index in [0.29, 0.717) is 0 Å². The van der Waals surface area contributed by atoms with Gasteiger partial charge in [-0.05, 0) is 32.1 Å². The number of hydrogen-bond acceptors (Lipinski definition) is 3. The second-order valence-electron chi connectivity index (χ2n) is 3.99. The van der Waals surface area contributed by atoms with Crippen LogP contribution >= 0.6 is 0 Å². The molecule has 0 aromatic rings. The van der Waals surface area contributed by atoms with E-state index in [1.54, 1.807) is 0 Å². The highest BCUT2D eigenvalue weighted by Gasteiger charge is 2.12. The van der Waals surface area contributed by atoms with Crippen molar-refractivity contribution in [2.24, 2.45) is 0 Å². The predicted molar refractivity (Wildman–Crippen MR) is 62.9 cm³/mol. The summed E-state index contributed by atoms with van der Waals surface area (Å²) in [6, 6.07) is 0. The van der Waals surface area contributed by atoms with Crippen LogP contribution in [0.5, 0.6) is 0 Å². The first-order chi connectivity index (χ1) is 7.93. The van der Waals surface area contributed by atoms with Crippen LogP contribution in [-0.4, -0.2) is 31.2 Å². The Morgan fingerprint density at radius 3 is 2.88 bits per heavy atom. The van der Waals surface area contributed by atoms with Crippen LogP contribution in [0.25, 0.3) is 0 Å². The van der Waals surface area contributed by atoms with E-state index in [2.05, 4.69) is 11.8 Å². The number of rotatable bonds is 6. The van der Waals surface area contributed by atoms with Crippen molar-refractivity contribution in [1.29, 1.82) is 0 Å². The zero-order valence-corrected chi connectivity index (χ0v) is 9.91. The fraction of sp³-hybridized carbons (Fsp3) is 0.846. The van der Waals surface area contributed by atoms with Crippen LogP contribution in [0.2, 0.25) is 0 Å². The van der Waals surface area contributed by atoms with Crippen molar-refractivity contribution < 1.29 is 14.6 Å². The monoisotopic (exact) mass is 226 g/mol. The fourth-order valence-electron chi connectivity index (χ4n) is 1.69. The van der Waals surface area contributed by atoms with Gasteiger partial charge in [0.1, 0.15) is 6.61 Å². The van der Waals surface area contributed by atoms with Crippen LogP contribution in [0.3, 0.4) is 0 Å². The van der Waals surface area contributed by atoms with Crippen molar-refractivity contribution in [1.82, 2.24) is 0 Å². The standard InChI is InChI=1S/C13H22O3/c14-10-6-3-1-2-4-7-11-15-13-9-5-8-12-16-13/h13-14H,1-2,4-5,7-12H2. The molecule has 3 nitrogen and oxygen atoms in total. The van der Waals surface area contributed by atoms with Crippen molar-refractivity contribution in [3.63, 3.8) is 0 Å². The highest BCUT2D eigenvalue weighted by molar-refractivity contribution is 4.98. The third kappa shape index (κ3) is 6.84. The second-order valence-corrected chi connectivity index (χ2v) is 3.99. The lowest BCUT2D eigenvalue weighted by atomic mass is 10.2. The van der Waals surface area contributed by atoms with E-state index in [1.807, 2.05) is 0 Å². The van der Waals surface area contributed by atoms with E-state index in [0.717, 1.165) is 45.3 Å². The molecule has 16 heavy (non-hydrogen) atoms. The van der Waals surface area contributed by atoms with Crippen LogP contribution < -0.4 is 0 Å². The van der Waals surface area contributed by atoms with Crippen LogP contribution in [0.1, 0.15) is 44.9 Å². The molecule has 0 spiro atoms. The summed E-state index contributed by atoms with van der Waals surface area (Å²) in [6.07, 6.45) is 7.64. The van der Waals surface area contributed by atoms with Gasteiger partial charge in [0, 0.05) is 19.6 Å². The molecule has 1 rings (SSSR count). The minimum Gasteiger partial charge on any atom is -0.384 e. The van der Waals surface area contributed by atoms with Crippen molar-refractivity contribution in [2.75, 3.05) is 19.8 Å². The lowest BCUT2D eigenvalue weighted by Crippen LogP contribution is -2.22. The zero-order chi connectivity index (χ0) is 11.5. The average Bonchev–Trinajstić information content (AvgIpc) is 2.34. The molecular weight excluding hydrogens is 204 g/mol. The lowest BCUT2D eigenvalue weighted by molar-refractivity contribution is -0.162. The summed E-state index contributed by atoms with van der Waals surface area (Å²) in [7, 11) is 0. The Labute approximate surface area is 98.1 Å². The summed E-state index contributed by atoms with van der Waals surface area (Å²) in [5, 5.41) is 8.44. The van der Waals surface area contributed by atoms with E-state index in [9.17, 15) is 0 Å². The average molecular weight is 226 g/mol. The van der Waals surface area contributed by atoms with Crippen molar-refractivity contribution in [3.05, 3.63) is 0 Å². The first-order valence-corrected chi connectivity index (χ1v) is 6.23. The van der Waals surface area contributed by atoms with Crippen LogP contribution in [0.4, 0.5) is 0 Å². The molecular formula is C13H22O3. The van der Waals surface area contributed by atoms with Crippen molar-refractivity contribution in [2.45, 2.75) is 51.2 Å². The molecule has 1 N–H and O–H groups in total. The molecule has 0 aromatic heterocycles. The topological polar surface area (TPSA) is 38.7 Å². The number of ether oxygens (including phenoxy) is 2. The highest BCUT2D eigenvalue weighted by atomic mass is 16.7. The molecule has 1 fully saturated rings. The highest BCUT2D eigenvalue weighted by Crippen LogP contribution is 2.14. The number of aliphatic hydroxyl groups is 1. The van der Waals surface area contributed by atoms with Gasteiger partial charge in [-0.15, -0.1) is 5.92 Å². The summed E-state index contributed by atoms with van der Waals surface area (Å²) < 4.78 is 11.1. The number of hydrogen-bond donors (Lipinski definition) is 1. The molecule has 1 aliphatic rings. The van der Waals surface area contributed by atoms with Crippen molar-refractivity contribution in [3.8, 4) is 11.8 Å². The molecule has 1 atom stereocenters. The maximum atomic E-state index is 8.44. The lowest BCUT2D eigenvalue weighted by Gasteiger charge is -2.22. The van der Waals surface area contributed by atoms with E-state index < -0.39 is 0 Å². The van der Waals surface area contributed by atoms with Crippen LogP contribution in [-0.2, 0) is 9.47 Å². The van der Waals surface area contributed by atoms with Gasteiger partial charge < -0.3 is 14.6 Å². The Morgan fingerprint density at radius 1 is 1.19 bits per heavy atom. The third-order valence-electron chi connectivity index (χ3n) is 2.59. The predicted octanol–water partition coefficient (Wildman–Crippen LogP) is 2.09. The summed E-state index contributed by atoms with van der Waals surface area (Å²) in [4.78, 5) is 0. The van der Waals surface area contributed by atoms with Gasteiger partial charge >= 0.3 is 0 Å². The quantitative estimate of drug-likeness (QED) is 0.556. The Balaban J connectivity index is 1.84. The van der Waals surface area contributed by atoms with E-state index in [-0.39, 0.29) is 12.9 Å². The molecule has 0 radical (unpaired) electrons. The molecule has 0 amide bonds. The molecule has 0 aromatic carbocycles. The maximum absolute atomic E-state index is 8.44. The first-order valence-electron chi connectivity index (χ1n) is 6.23. The Bertz CT molecular complexity index is 211. The van der Waals surface area contributed by atoms with Gasteiger partial charge in [-0.3, -0.25) is 0 Å². The molecule has 1 heterocycles. The molecule has 92 valence electrons. The molecule has 1 unspecified atom stereocenters. The van der Waals surface area contributed by atoms with Crippen LogP contribution in [0, 0.1) is 11.8 Å². The van der Waals surface area contributed by atoms with Gasteiger partial charge in [-0.1, -0.05) is 12.3 Å². The van der Waals surface area contributed by atoms with E-state index in [1.165, 1.54) is 12.8 Å². The Hall–Kier alpha value is -0.560. The van der Waals surface area contributed by atoms with Gasteiger partial charge in [-0.25, -0.2) is 0 Å². The van der Waals surface area contributed by atoms with Gasteiger partial charge in [0.05, 0.1) is 0 Å². The Kier molecular flexibility index (Phi) is 8.15. The maximum Gasteiger partial charge on any atom is 0.157 e. The minimum atomic E-state index is -0.0257. The summed E-state index contributed by atoms with van der Waals surface area (Å²) in [5.74, 6) is 5.55. The second kappa shape index (κ2) is 9.65. The van der Waals surface area contributed by atoms with Gasteiger partial charge in [0.25, 0.3) is 0 Å². The van der Waals surface area contributed by atoms with Gasteiger partial charge in [0.15, 0.2) is 6.29 Å². The third-order valence-corrected chi connectivity index (χ3v) is 2.59. The molecule has 1 aliphatic heterocycles. The minimum absolute atomic E-state index is 0.0257. The number of aliphatic hydroxyl groups excluding tert-OH is 1. The zero-order valence-electron chi connectivity index (χ0n) is 9.91. The molecule has 3 heteroatoms. The van der Waals surface area contributed by atoms with E-state index >= 15 is 0 Å². The molecule has 0 aliphatic carbocycles. The van der Waals surface area contributed by atoms with Gasteiger partial charge in [0.2, 0.25) is 0 Å². The van der Waals surface area contributed by atoms with Gasteiger partial charge in [-0.2, -0.15) is 0 Å². The first kappa shape index (κ1) is 13.5. The Morgan fingerprint density at radius 2 is 2.12 bits per heavy atom. The van der Waals surface area contributed by atoms with E-state index in [4.69, 9.17) is 14.6 Å². The molecule has 0 bridgehead atoms.